The summed E-state index contributed by atoms with van der Waals surface area (Å²) in [6.45, 7) is 1.60. The van der Waals surface area contributed by atoms with E-state index in [1.807, 2.05) is 6.07 Å². The molecule has 0 radical (unpaired) electrons. The molecule has 76 valence electrons. The Bertz CT molecular complexity index is 323. The molecule has 1 nitrogen and oxygen atoms in total. The van der Waals surface area contributed by atoms with E-state index in [9.17, 15) is 0 Å². The number of ether oxygens (including phenoxy) is 1. The van der Waals surface area contributed by atoms with Crippen LogP contribution in [0.3, 0.4) is 0 Å². The van der Waals surface area contributed by atoms with E-state index >= 15 is 0 Å². The Balaban J connectivity index is 2.27. The molecule has 0 aliphatic carbocycles. The molecule has 1 fully saturated rings. The van der Waals surface area contributed by atoms with Gasteiger partial charge in [0.15, 0.2) is 0 Å². The van der Waals surface area contributed by atoms with Gasteiger partial charge in [-0.15, -0.1) is 11.6 Å². The van der Waals surface area contributed by atoms with Crippen molar-refractivity contribution >= 4 is 27.5 Å². The molecule has 0 amide bonds. The number of halogens is 2. The fourth-order valence-electron chi connectivity index (χ4n) is 1.80. The maximum absolute atomic E-state index is 5.82. The average Bonchev–Trinajstić information content (AvgIpc) is 2.11. The molecule has 0 bridgehead atoms. The van der Waals surface area contributed by atoms with Gasteiger partial charge in [-0.1, -0.05) is 28.1 Å². The first-order valence-corrected chi connectivity index (χ1v) is 5.99. The minimum Gasteiger partial charge on any atom is -0.379 e. The minimum atomic E-state index is 0.172. The van der Waals surface area contributed by atoms with Gasteiger partial charge in [0.05, 0.1) is 13.2 Å². The smallest absolute Gasteiger partial charge is 0.0586 e. The van der Waals surface area contributed by atoms with Crippen LogP contribution in [0, 0.1) is 0 Å². The van der Waals surface area contributed by atoms with Crippen LogP contribution in [0.1, 0.15) is 12.0 Å². The Kier molecular flexibility index (Phi) is 3.15. The summed E-state index contributed by atoms with van der Waals surface area (Å²) in [5, 5.41) is 0. The summed E-state index contributed by atoms with van der Waals surface area (Å²) in [5.41, 5.74) is 1.50. The second-order valence-corrected chi connectivity index (χ2v) is 5.02. The third kappa shape index (κ3) is 1.83. The van der Waals surface area contributed by atoms with Crippen LogP contribution in [0.5, 0.6) is 0 Å². The molecule has 0 N–H and O–H groups in total. The summed E-state index contributed by atoms with van der Waals surface area (Å²) < 4.78 is 6.43. The van der Waals surface area contributed by atoms with Gasteiger partial charge < -0.3 is 4.74 Å². The highest BCUT2D eigenvalue weighted by Crippen LogP contribution is 2.36. The van der Waals surface area contributed by atoms with Gasteiger partial charge in [0.1, 0.15) is 0 Å². The maximum atomic E-state index is 5.82. The van der Waals surface area contributed by atoms with Gasteiger partial charge in [-0.2, -0.15) is 0 Å². The Morgan fingerprint density at radius 3 is 2.71 bits per heavy atom. The van der Waals surface area contributed by atoms with E-state index in [4.69, 9.17) is 16.3 Å². The van der Waals surface area contributed by atoms with E-state index in [0.29, 0.717) is 5.88 Å². The molecule has 0 spiro atoms. The maximum Gasteiger partial charge on any atom is 0.0586 e. The average molecular weight is 276 g/mol. The third-order valence-electron chi connectivity index (χ3n) is 2.77. The Morgan fingerprint density at radius 2 is 2.21 bits per heavy atom. The van der Waals surface area contributed by atoms with Gasteiger partial charge in [0.25, 0.3) is 0 Å². The predicted molar refractivity (Wildman–Crippen MR) is 62.0 cm³/mol. The van der Waals surface area contributed by atoms with Crippen molar-refractivity contribution < 1.29 is 4.74 Å². The number of benzene rings is 1. The molecular weight excluding hydrogens is 263 g/mol. The summed E-state index contributed by atoms with van der Waals surface area (Å²) in [6.07, 6.45) is 0.991. The van der Waals surface area contributed by atoms with Crippen molar-refractivity contribution in [2.75, 3.05) is 19.1 Å². The van der Waals surface area contributed by atoms with Gasteiger partial charge in [0.2, 0.25) is 0 Å². The van der Waals surface area contributed by atoms with Crippen molar-refractivity contribution in [1.29, 1.82) is 0 Å². The van der Waals surface area contributed by atoms with E-state index in [2.05, 4.69) is 34.1 Å². The molecule has 1 aromatic carbocycles. The molecule has 14 heavy (non-hydrogen) atoms. The van der Waals surface area contributed by atoms with Gasteiger partial charge >= 0.3 is 0 Å². The van der Waals surface area contributed by atoms with Crippen LogP contribution in [0.15, 0.2) is 28.7 Å². The summed E-state index contributed by atoms with van der Waals surface area (Å²) in [4.78, 5) is 0. The number of alkyl halides is 1. The first-order chi connectivity index (χ1) is 6.77. The molecule has 0 unspecified atom stereocenters. The van der Waals surface area contributed by atoms with Crippen LogP contribution in [0.25, 0.3) is 0 Å². The van der Waals surface area contributed by atoms with Gasteiger partial charge in [-0.3, -0.25) is 0 Å². The monoisotopic (exact) mass is 274 g/mol. The van der Waals surface area contributed by atoms with Crippen molar-refractivity contribution in [2.24, 2.45) is 0 Å². The van der Waals surface area contributed by atoms with E-state index < -0.39 is 0 Å². The lowest BCUT2D eigenvalue weighted by atomic mass is 9.76. The molecule has 1 aliphatic heterocycles. The topological polar surface area (TPSA) is 9.23 Å². The van der Waals surface area contributed by atoms with Crippen LogP contribution in [0.4, 0.5) is 0 Å². The van der Waals surface area contributed by atoms with E-state index in [0.717, 1.165) is 24.1 Å². The van der Waals surface area contributed by atoms with Crippen molar-refractivity contribution in [3.05, 3.63) is 34.3 Å². The number of hydrogen-bond donors (Lipinski definition) is 0. The molecule has 1 heterocycles. The zero-order valence-corrected chi connectivity index (χ0v) is 10.1. The number of hydrogen-bond acceptors (Lipinski definition) is 1. The molecular formula is C11H12BrClO. The van der Waals surface area contributed by atoms with E-state index in [-0.39, 0.29) is 5.41 Å². The van der Waals surface area contributed by atoms with Crippen LogP contribution in [-0.2, 0) is 10.2 Å². The van der Waals surface area contributed by atoms with Crippen LogP contribution >= 0.6 is 27.5 Å². The van der Waals surface area contributed by atoms with Gasteiger partial charge in [-0.05, 0) is 24.1 Å². The third-order valence-corrected chi connectivity index (χ3v) is 3.45. The second-order valence-electron chi connectivity index (χ2n) is 3.72. The lowest BCUT2D eigenvalue weighted by Gasteiger charge is -2.41. The standard InChI is InChI=1S/C11H12BrClO/c12-10-3-1-2-9(6-10)11(4-5-13)7-14-8-11/h1-3,6H,4-5,7-8H2. The molecule has 0 aromatic heterocycles. The predicted octanol–water partition coefficient (Wildman–Crippen LogP) is 3.35. The molecule has 3 heteroatoms. The Morgan fingerprint density at radius 1 is 1.43 bits per heavy atom. The van der Waals surface area contributed by atoms with Crippen molar-refractivity contribution in [1.82, 2.24) is 0 Å². The highest BCUT2D eigenvalue weighted by molar-refractivity contribution is 9.10. The van der Waals surface area contributed by atoms with Crippen molar-refractivity contribution in [3.63, 3.8) is 0 Å². The summed E-state index contributed by atoms with van der Waals surface area (Å²) in [5.74, 6) is 0.690. The van der Waals surface area contributed by atoms with E-state index in [1.54, 1.807) is 0 Å². The lowest BCUT2D eigenvalue weighted by molar-refractivity contribution is -0.0616. The fourth-order valence-corrected chi connectivity index (χ4v) is 2.56. The normalized spacial score (nSPS) is 19.0. The van der Waals surface area contributed by atoms with Crippen LogP contribution in [0.2, 0.25) is 0 Å². The van der Waals surface area contributed by atoms with Crippen LogP contribution in [-0.4, -0.2) is 19.1 Å². The molecule has 1 aromatic rings. The summed E-state index contributed by atoms with van der Waals surface area (Å²) in [6, 6.07) is 8.42. The SMILES string of the molecule is ClCCC1(c2cccc(Br)c2)COC1. The highest BCUT2D eigenvalue weighted by atomic mass is 79.9. The quantitative estimate of drug-likeness (QED) is 0.769. The summed E-state index contributed by atoms with van der Waals surface area (Å²) >= 11 is 9.31. The molecule has 1 aliphatic rings. The molecule has 1 saturated heterocycles. The molecule has 2 rings (SSSR count). The van der Waals surface area contributed by atoms with E-state index in [1.165, 1.54) is 5.56 Å². The Labute approximate surface area is 97.5 Å². The van der Waals surface area contributed by atoms with Gasteiger partial charge in [-0.25, -0.2) is 0 Å². The highest BCUT2D eigenvalue weighted by Gasteiger charge is 2.39. The zero-order chi connectivity index (χ0) is 10.0. The lowest BCUT2D eigenvalue weighted by Crippen LogP contribution is -2.47. The second kappa shape index (κ2) is 4.21. The minimum absolute atomic E-state index is 0.172. The molecule has 0 saturated carbocycles. The first-order valence-electron chi connectivity index (χ1n) is 4.67. The van der Waals surface area contributed by atoms with Crippen LogP contribution < -0.4 is 0 Å². The number of rotatable bonds is 3. The van der Waals surface area contributed by atoms with Crippen molar-refractivity contribution in [2.45, 2.75) is 11.8 Å². The zero-order valence-electron chi connectivity index (χ0n) is 7.80. The first kappa shape index (κ1) is 10.5. The molecule has 0 atom stereocenters. The fraction of sp³-hybridized carbons (Fsp3) is 0.455. The van der Waals surface area contributed by atoms with Gasteiger partial charge in [0, 0.05) is 15.8 Å². The Hall–Kier alpha value is -0.0500. The largest absolute Gasteiger partial charge is 0.379 e. The van der Waals surface area contributed by atoms with Crippen molar-refractivity contribution in [3.8, 4) is 0 Å². The summed E-state index contributed by atoms with van der Waals surface area (Å²) in [7, 11) is 0.